The zero-order chi connectivity index (χ0) is 21.3. The highest BCUT2D eigenvalue weighted by Gasteiger charge is 2.20. The minimum Gasteiger partial charge on any atom is -0.461 e. The molecule has 0 spiro atoms. The SMILES string of the molecule is CCOC(=O)c1cc2c(-c3ccccc3F)cccc2n1Cc1ccc(Cl)c(Cl)c1. The van der Waals surface area contributed by atoms with Crippen LogP contribution in [0.4, 0.5) is 4.39 Å². The van der Waals surface area contributed by atoms with E-state index >= 15 is 0 Å². The third kappa shape index (κ3) is 3.81. The Morgan fingerprint density at radius 2 is 1.73 bits per heavy atom. The van der Waals surface area contributed by atoms with E-state index < -0.39 is 5.97 Å². The molecule has 0 bridgehead atoms. The van der Waals surface area contributed by atoms with Crippen LogP contribution in [0.15, 0.2) is 66.7 Å². The maximum absolute atomic E-state index is 14.5. The first-order valence-corrected chi connectivity index (χ1v) is 10.2. The van der Waals surface area contributed by atoms with E-state index in [2.05, 4.69) is 0 Å². The van der Waals surface area contributed by atoms with Gasteiger partial charge < -0.3 is 9.30 Å². The van der Waals surface area contributed by atoms with Gasteiger partial charge in [-0.3, -0.25) is 0 Å². The molecular formula is C24H18Cl2FNO2. The summed E-state index contributed by atoms with van der Waals surface area (Å²) in [5, 5.41) is 1.67. The molecule has 3 aromatic carbocycles. The number of carbonyl (C=O) groups is 1. The lowest BCUT2D eigenvalue weighted by molar-refractivity contribution is 0.0515. The molecule has 0 fully saturated rings. The summed E-state index contributed by atoms with van der Waals surface area (Å²) < 4.78 is 21.6. The molecule has 0 aliphatic rings. The number of ether oxygens (including phenoxy) is 1. The number of halogens is 3. The van der Waals surface area contributed by atoms with Crippen molar-refractivity contribution in [1.82, 2.24) is 4.57 Å². The molecule has 0 radical (unpaired) electrons. The van der Waals surface area contributed by atoms with Crippen LogP contribution in [-0.2, 0) is 11.3 Å². The Kier molecular flexibility index (Phi) is 5.80. The third-order valence-electron chi connectivity index (χ3n) is 4.92. The molecule has 4 rings (SSSR count). The number of hydrogen-bond donors (Lipinski definition) is 0. The molecule has 6 heteroatoms. The van der Waals surface area contributed by atoms with Crippen LogP contribution in [0.3, 0.4) is 0 Å². The topological polar surface area (TPSA) is 31.2 Å². The molecule has 152 valence electrons. The van der Waals surface area contributed by atoms with Gasteiger partial charge in [-0.2, -0.15) is 0 Å². The zero-order valence-electron chi connectivity index (χ0n) is 16.2. The first-order valence-electron chi connectivity index (χ1n) is 9.47. The molecule has 30 heavy (non-hydrogen) atoms. The lowest BCUT2D eigenvalue weighted by Gasteiger charge is -2.12. The summed E-state index contributed by atoms with van der Waals surface area (Å²) in [4.78, 5) is 12.7. The van der Waals surface area contributed by atoms with Crippen LogP contribution in [0.5, 0.6) is 0 Å². The van der Waals surface area contributed by atoms with Crippen LogP contribution in [-0.4, -0.2) is 17.1 Å². The molecule has 0 unspecified atom stereocenters. The van der Waals surface area contributed by atoms with Crippen molar-refractivity contribution < 1.29 is 13.9 Å². The zero-order valence-corrected chi connectivity index (χ0v) is 17.7. The van der Waals surface area contributed by atoms with Gasteiger partial charge in [0, 0.05) is 23.0 Å². The summed E-state index contributed by atoms with van der Waals surface area (Å²) in [6.45, 7) is 2.40. The van der Waals surface area contributed by atoms with Crippen molar-refractivity contribution >= 4 is 40.1 Å². The Morgan fingerprint density at radius 3 is 2.47 bits per heavy atom. The van der Waals surface area contributed by atoms with E-state index in [4.69, 9.17) is 27.9 Å². The summed E-state index contributed by atoms with van der Waals surface area (Å²) in [5.74, 6) is -0.756. The first-order chi connectivity index (χ1) is 14.5. The molecule has 0 N–H and O–H groups in total. The van der Waals surface area contributed by atoms with Gasteiger partial charge in [-0.15, -0.1) is 0 Å². The molecule has 1 heterocycles. The number of carbonyl (C=O) groups excluding carboxylic acids is 1. The van der Waals surface area contributed by atoms with Crippen molar-refractivity contribution in [1.29, 1.82) is 0 Å². The van der Waals surface area contributed by atoms with E-state index in [1.165, 1.54) is 6.07 Å². The van der Waals surface area contributed by atoms with Gasteiger partial charge >= 0.3 is 5.97 Å². The predicted molar refractivity (Wildman–Crippen MR) is 119 cm³/mol. The maximum atomic E-state index is 14.5. The summed E-state index contributed by atoms with van der Waals surface area (Å²) >= 11 is 12.2. The minimum atomic E-state index is -0.437. The Morgan fingerprint density at radius 1 is 0.967 bits per heavy atom. The number of fused-ring (bicyclic) bond motifs is 1. The number of esters is 1. The van der Waals surface area contributed by atoms with Crippen LogP contribution in [0, 0.1) is 5.82 Å². The molecule has 0 atom stereocenters. The first kappa shape index (κ1) is 20.5. The fraction of sp³-hybridized carbons (Fsp3) is 0.125. The number of rotatable bonds is 5. The van der Waals surface area contributed by atoms with Gasteiger partial charge in [0.2, 0.25) is 0 Å². The molecule has 0 saturated carbocycles. The Labute approximate surface area is 183 Å². The second kappa shape index (κ2) is 8.50. The monoisotopic (exact) mass is 441 g/mol. The van der Waals surface area contributed by atoms with Crippen LogP contribution >= 0.6 is 23.2 Å². The average Bonchev–Trinajstić information content (AvgIpc) is 3.10. The molecule has 1 aromatic heterocycles. The Balaban J connectivity index is 1.92. The van der Waals surface area contributed by atoms with E-state index in [1.807, 2.05) is 28.8 Å². The van der Waals surface area contributed by atoms with Crippen molar-refractivity contribution in [3.05, 3.63) is 93.8 Å². The molecule has 0 amide bonds. The van der Waals surface area contributed by atoms with Crippen molar-refractivity contribution in [2.45, 2.75) is 13.5 Å². The number of aromatic nitrogens is 1. The summed E-state index contributed by atoms with van der Waals surface area (Å²) in [5.41, 5.74) is 3.25. The van der Waals surface area contributed by atoms with E-state index in [1.54, 1.807) is 43.3 Å². The molecule has 0 aliphatic heterocycles. The molecule has 4 aromatic rings. The van der Waals surface area contributed by atoms with Crippen molar-refractivity contribution in [2.24, 2.45) is 0 Å². The molecule has 0 aliphatic carbocycles. The van der Waals surface area contributed by atoms with Gasteiger partial charge in [-0.1, -0.05) is 59.6 Å². The number of benzene rings is 3. The summed E-state index contributed by atoms with van der Waals surface area (Å²) in [7, 11) is 0. The average molecular weight is 442 g/mol. The van der Waals surface area contributed by atoms with E-state index in [9.17, 15) is 9.18 Å². The van der Waals surface area contributed by atoms with E-state index in [-0.39, 0.29) is 12.4 Å². The number of hydrogen-bond acceptors (Lipinski definition) is 2. The van der Waals surface area contributed by atoms with Crippen LogP contribution < -0.4 is 0 Å². The normalized spacial score (nSPS) is 11.1. The largest absolute Gasteiger partial charge is 0.461 e. The Bertz CT molecular complexity index is 1250. The van der Waals surface area contributed by atoms with E-state index in [0.717, 1.165) is 16.5 Å². The standard InChI is InChI=1S/C24H18Cl2FNO2/c1-2-30-24(29)23-13-18-16(17-6-3-4-8-21(17)27)7-5-9-22(18)28(23)14-15-10-11-19(25)20(26)12-15/h3-13H,2,14H2,1H3. The maximum Gasteiger partial charge on any atom is 0.354 e. The fourth-order valence-corrected chi connectivity index (χ4v) is 3.88. The van der Waals surface area contributed by atoms with Crippen LogP contribution in [0.1, 0.15) is 23.0 Å². The molecule has 0 saturated heterocycles. The predicted octanol–water partition coefficient (Wildman–Crippen LogP) is 6.98. The van der Waals surface area contributed by atoms with Gasteiger partial charge in [0.05, 0.1) is 16.7 Å². The second-order valence-corrected chi connectivity index (χ2v) is 7.62. The smallest absolute Gasteiger partial charge is 0.354 e. The lowest BCUT2D eigenvalue weighted by Crippen LogP contribution is -2.12. The van der Waals surface area contributed by atoms with Gasteiger partial charge in [0.15, 0.2) is 0 Å². The molecular weight excluding hydrogens is 424 g/mol. The van der Waals surface area contributed by atoms with Crippen molar-refractivity contribution in [3.63, 3.8) is 0 Å². The fourth-order valence-electron chi connectivity index (χ4n) is 3.56. The lowest BCUT2D eigenvalue weighted by atomic mass is 10.0. The highest BCUT2D eigenvalue weighted by atomic mass is 35.5. The summed E-state index contributed by atoms with van der Waals surface area (Å²) in [6, 6.07) is 19.3. The second-order valence-electron chi connectivity index (χ2n) is 6.80. The van der Waals surface area contributed by atoms with Gasteiger partial charge in [0.25, 0.3) is 0 Å². The minimum absolute atomic E-state index is 0.257. The third-order valence-corrected chi connectivity index (χ3v) is 5.66. The van der Waals surface area contributed by atoms with Crippen LogP contribution in [0.2, 0.25) is 10.0 Å². The summed E-state index contributed by atoms with van der Waals surface area (Å²) in [6.07, 6.45) is 0. The van der Waals surface area contributed by atoms with Gasteiger partial charge in [-0.25, -0.2) is 9.18 Å². The van der Waals surface area contributed by atoms with Crippen molar-refractivity contribution in [2.75, 3.05) is 6.61 Å². The highest BCUT2D eigenvalue weighted by molar-refractivity contribution is 6.42. The van der Waals surface area contributed by atoms with Gasteiger partial charge in [-0.05, 0) is 48.4 Å². The van der Waals surface area contributed by atoms with E-state index in [0.29, 0.717) is 33.4 Å². The quantitative estimate of drug-likeness (QED) is 0.312. The van der Waals surface area contributed by atoms with Crippen LogP contribution in [0.25, 0.3) is 22.0 Å². The van der Waals surface area contributed by atoms with Gasteiger partial charge in [0.1, 0.15) is 11.5 Å². The highest BCUT2D eigenvalue weighted by Crippen LogP contribution is 2.33. The van der Waals surface area contributed by atoms with Crippen molar-refractivity contribution in [3.8, 4) is 11.1 Å². The Hall–Kier alpha value is -2.82. The molecule has 3 nitrogen and oxygen atoms in total. The number of nitrogens with zero attached hydrogens (tertiary/aromatic N) is 1.